The van der Waals surface area contributed by atoms with Gasteiger partial charge in [0.2, 0.25) is 0 Å². The van der Waals surface area contributed by atoms with Gasteiger partial charge in [-0.25, -0.2) is 14.6 Å². The fraction of sp³-hybridized carbons (Fsp3) is 0.407. The van der Waals surface area contributed by atoms with E-state index in [1.54, 1.807) is 10.8 Å². The van der Waals surface area contributed by atoms with Gasteiger partial charge in [0.25, 0.3) is 0 Å². The standard InChI is InChI=1S/C27H30BrN7O4/c28-18-5-3-17(4-6-18)24-21-16-33(27(38)39)13-9-23(21)34(31-24)15-20(36)14-32-11-7-19(8-12-32)35-25-22(30-26(35)37)2-1-10-29-25/h1-6,10,19-20,36H,7-9,11-16H2,(H,30,37)(H,38,39). The molecule has 3 aromatic heterocycles. The van der Waals surface area contributed by atoms with E-state index in [0.717, 1.165) is 58.4 Å². The van der Waals surface area contributed by atoms with Gasteiger partial charge in [-0.2, -0.15) is 5.10 Å². The van der Waals surface area contributed by atoms with Crippen molar-refractivity contribution in [2.45, 2.75) is 44.5 Å². The first-order valence-electron chi connectivity index (χ1n) is 13.2. The number of halogens is 1. The number of piperidine rings is 1. The van der Waals surface area contributed by atoms with E-state index in [-0.39, 0.29) is 18.3 Å². The highest BCUT2D eigenvalue weighted by Gasteiger charge is 2.30. The Hall–Kier alpha value is -3.48. The van der Waals surface area contributed by atoms with Gasteiger partial charge in [0.15, 0.2) is 5.65 Å². The number of aliphatic hydroxyl groups excluding tert-OH is 1. The molecule has 1 saturated heterocycles. The minimum Gasteiger partial charge on any atom is -0.465 e. The number of carbonyl (C=O) groups is 1. The van der Waals surface area contributed by atoms with E-state index < -0.39 is 12.2 Å². The van der Waals surface area contributed by atoms with Gasteiger partial charge in [0.1, 0.15) is 0 Å². The Labute approximate surface area is 232 Å². The molecular formula is C27H30BrN7O4. The number of likely N-dealkylation sites (tertiary alicyclic amines) is 1. The lowest BCUT2D eigenvalue weighted by Gasteiger charge is -2.33. The molecule has 0 saturated carbocycles. The Bertz CT molecular complexity index is 1550. The van der Waals surface area contributed by atoms with Crippen molar-refractivity contribution in [1.29, 1.82) is 0 Å². The monoisotopic (exact) mass is 595 g/mol. The Morgan fingerprint density at radius 2 is 1.90 bits per heavy atom. The molecule has 2 aliphatic heterocycles. The smallest absolute Gasteiger partial charge is 0.407 e. The van der Waals surface area contributed by atoms with E-state index in [1.807, 2.05) is 41.1 Å². The number of aliphatic hydroxyl groups is 1. The van der Waals surface area contributed by atoms with Crippen LogP contribution in [0.5, 0.6) is 0 Å². The first-order chi connectivity index (χ1) is 18.9. The average Bonchev–Trinajstić information content (AvgIpc) is 3.46. The number of imidazole rings is 1. The number of aromatic nitrogens is 5. The number of aromatic amines is 1. The van der Waals surface area contributed by atoms with E-state index in [4.69, 9.17) is 5.10 Å². The predicted octanol–water partition coefficient (Wildman–Crippen LogP) is 3.08. The molecular weight excluding hydrogens is 566 g/mol. The first kappa shape index (κ1) is 25.8. The van der Waals surface area contributed by atoms with Crippen LogP contribution >= 0.6 is 15.9 Å². The molecule has 2 aliphatic rings. The molecule has 1 fully saturated rings. The molecule has 1 atom stereocenters. The maximum Gasteiger partial charge on any atom is 0.407 e. The van der Waals surface area contributed by atoms with Gasteiger partial charge in [0.05, 0.1) is 30.4 Å². The van der Waals surface area contributed by atoms with Gasteiger partial charge in [-0.1, -0.05) is 28.1 Å². The summed E-state index contributed by atoms with van der Waals surface area (Å²) in [6.07, 6.45) is 2.27. The Balaban J connectivity index is 1.15. The van der Waals surface area contributed by atoms with E-state index >= 15 is 0 Å². The summed E-state index contributed by atoms with van der Waals surface area (Å²) in [5.74, 6) is 0. The number of nitrogens with zero attached hydrogens (tertiary/aromatic N) is 6. The SMILES string of the molecule is O=C(O)N1CCc2c(c(-c3ccc(Br)cc3)nn2CC(O)CN2CCC(n3c(=O)[nH]c4cccnc43)CC2)C1. The van der Waals surface area contributed by atoms with Crippen molar-refractivity contribution >= 4 is 33.2 Å². The number of nitrogens with one attached hydrogen (secondary N) is 1. The summed E-state index contributed by atoms with van der Waals surface area (Å²) >= 11 is 3.46. The van der Waals surface area contributed by atoms with Gasteiger partial charge >= 0.3 is 11.8 Å². The van der Waals surface area contributed by atoms with Crippen LogP contribution in [0, 0.1) is 0 Å². The second-order valence-electron chi connectivity index (χ2n) is 10.3. The minimum atomic E-state index is -0.940. The largest absolute Gasteiger partial charge is 0.465 e. The number of amides is 1. The summed E-state index contributed by atoms with van der Waals surface area (Å²) in [4.78, 5) is 35.2. The van der Waals surface area contributed by atoms with Gasteiger partial charge in [-0.05, 0) is 37.1 Å². The summed E-state index contributed by atoms with van der Waals surface area (Å²) in [6, 6.07) is 11.6. The molecule has 204 valence electrons. The van der Waals surface area contributed by atoms with Crippen LogP contribution in [-0.2, 0) is 19.5 Å². The number of hydrogen-bond donors (Lipinski definition) is 3. The van der Waals surface area contributed by atoms with Crippen LogP contribution in [0.1, 0.15) is 30.1 Å². The van der Waals surface area contributed by atoms with Crippen molar-refractivity contribution in [3.8, 4) is 11.3 Å². The van der Waals surface area contributed by atoms with Gasteiger partial charge < -0.3 is 25.0 Å². The third-order valence-electron chi connectivity index (χ3n) is 7.77. The molecule has 4 aromatic rings. The highest BCUT2D eigenvalue weighted by atomic mass is 79.9. The number of β-amino-alcohol motifs (C(OH)–C–C–N with tert-alkyl or cyclic N) is 1. The molecule has 0 radical (unpaired) electrons. The minimum absolute atomic E-state index is 0.0679. The zero-order valence-corrected chi connectivity index (χ0v) is 22.9. The second-order valence-corrected chi connectivity index (χ2v) is 11.2. The quantitative estimate of drug-likeness (QED) is 0.312. The van der Waals surface area contributed by atoms with Crippen molar-refractivity contribution in [2.75, 3.05) is 26.2 Å². The number of hydrogen-bond acceptors (Lipinski definition) is 6. The summed E-state index contributed by atoms with van der Waals surface area (Å²) in [5.41, 5.74) is 4.86. The van der Waals surface area contributed by atoms with Crippen LogP contribution in [0.4, 0.5) is 4.79 Å². The fourth-order valence-electron chi connectivity index (χ4n) is 5.86. The van der Waals surface area contributed by atoms with E-state index in [2.05, 4.69) is 30.8 Å². The number of pyridine rings is 1. The molecule has 1 amide bonds. The molecule has 12 heteroatoms. The highest BCUT2D eigenvalue weighted by Crippen LogP contribution is 2.31. The number of carboxylic acid groups (broad SMARTS) is 1. The normalized spacial score (nSPS) is 17.4. The number of H-pyrrole nitrogens is 1. The molecule has 0 spiro atoms. The molecule has 1 aromatic carbocycles. The van der Waals surface area contributed by atoms with E-state index in [1.165, 1.54) is 4.90 Å². The van der Waals surface area contributed by atoms with Crippen LogP contribution in [0.2, 0.25) is 0 Å². The summed E-state index contributed by atoms with van der Waals surface area (Å²) < 4.78 is 4.58. The average molecular weight is 596 g/mol. The van der Waals surface area contributed by atoms with Crippen LogP contribution in [-0.4, -0.2) is 82.7 Å². The van der Waals surface area contributed by atoms with E-state index in [9.17, 15) is 19.8 Å². The maximum atomic E-state index is 12.6. The van der Waals surface area contributed by atoms with Crippen LogP contribution in [0.15, 0.2) is 51.9 Å². The summed E-state index contributed by atoms with van der Waals surface area (Å²) in [5, 5.41) is 25.5. The third kappa shape index (κ3) is 5.11. The number of rotatable bonds is 6. The topological polar surface area (TPSA) is 133 Å². The van der Waals surface area contributed by atoms with Crippen LogP contribution in [0.25, 0.3) is 22.4 Å². The molecule has 6 rings (SSSR count). The third-order valence-corrected chi connectivity index (χ3v) is 8.30. The van der Waals surface area contributed by atoms with Gasteiger partial charge in [-0.15, -0.1) is 0 Å². The summed E-state index contributed by atoms with van der Waals surface area (Å²) in [6.45, 7) is 3.04. The Kier molecular flexibility index (Phi) is 7.00. The Morgan fingerprint density at radius 1 is 1.13 bits per heavy atom. The Morgan fingerprint density at radius 3 is 2.64 bits per heavy atom. The van der Waals surface area contributed by atoms with Gasteiger partial charge in [-0.3, -0.25) is 9.25 Å². The predicted molar refractivity (Wildman–Crippen MR) is 149 cm³/mol. The van der Waals surface area contributed by atoms with Crippen molar-refractivity contribution in [3.05, 3.63) is 68.8 Å². The summed E-state index contributed by atoms with van der Waals surface area (Å²) in [7, 11) is 0. The molecule has 5 heterocycles. The zero-order valence-electron chi connectivity index (χ0n) is 21.3. The van der Waals surface area contributed by atoms with Crippen molar-refractivity contribution in [1.82, 2.24) is 34.1 Å². The molecule has 1 unspecified atom stereocenters. The lowest BCUT2D eigenvalue weighted by atomic mass is 10.0. The fourth-order valence-corrected chi connectivity index (χ4v) is 6.12. The highest BCUT2D eigenvalue weighted by molar-refractivity contribution is 9.10. The lowest BCUT2D eigenvalue weighted by Crippen LogP contribution is -2.42. The number of benzene rings is 1. The molecule has 39 heavy (non-hydrogen) atoms. The molecule has 0 aliphatic carbocycles. The number of fused-ring (bicyclic) bond motifs is 2. The molecule has 3 N–H and O–H groups in total. The maximum absolute atomic E-state index is 12.6. The van der Waals surface area contributed by atoms with Crippen LogP contribution < -0.4 is 5.69 Å². The van der Waals surface area contributed by atoms with Crippen LogP contribution in [0.3, 0.4) is 0 Å². The molecule has 0 bridgehead atoms. The second kappa shape index (κ2) is 10.6. The van der Waals surface area contributed by atoms with E-state index in [0.29, 0.717) is 31.7 Å². The lowest BCUT2D eigenvalue weighted by molar-refractivity contribution is 0.0760. The van der Waals surface area contributed by atoms with Crippen molar-refractivity contribution < 1.29 is 15.0 Å². The van der Waals surface area contributed by atoms with Crippen molar-refractivity contribution in [3.63, 3.8) is 0 Å². The van der Waals surface area contributed by atoms with Gasteiger partial charge in [0, 0.05) is 66.1 Å². The molecule has 11 nitrogen and oxygen atoms in total. The van der Waals surface area contributed by atoms with Crippen molar-refractivity contribution in [2.24, 2.45) is 0 Å². The first-order valence-corrected chi connectivity index (χ1v) is 13.9. The zero-order chi connectivity index (χ0) is 27.1.